The lowest BCUT2D eigenvalue weighted by atomic mass is 10.00. The van der Waals surface area contributed by atoms with Gasteiger partial charge < -0.3 is 5.32 Å². The van der Waals surface area contributed by atoms with Crippen molar-refractivity contribution in [1.29, 1.82) is 0 Å². The van der Waals surface area contributed by atoms with Crippen LogP contribution in [0.5, 0.6) is 0 Å². The van der Waals surface area contributed by atoms with Crippen LogP contribution in [0, 0.1) is 0 Å². The predicted octanol–water partition coefficient (Wildman–Crippen LogP) is 4.94. The molecule has 2 aromatic rings. The van der Waals surface area contributed by atoms with Crippen molar-refractivity contribution in [2.24, 2.45) is 0 Å². The Morgan fingerprint density at radius 1 is 1.41 bits per heavy atom. The van der Waals surface area contributed by atoms with E-state index in [1.807, 2.05) is 18.2 Å². The zero-order chi connectivity index (χ0) is 12.5. The molecule has 0 spiro atoms. The average molecular weight is 269 g/mol. The first-order valence-electron chi connectivity index (χ1n) is 5.85. The molecule has 0 fully saturated rings. The highest BCUT2D eigenvalue weighted by Gasteiger charge is 2.18. The number of rotatable bonds is 4. The van der Waals surface area contributed by atoms with Crippen molar-refractivity contribution >= 4 is 38.3 Å². The second-order valence-corrected chi connectivity index (χ2v) is 6.27. The van der Waals surface area contributed by atoms with Crippen LogP contribution in [0.15, 0.2) is 18.2 Å². The first-order valence-corrected chi connectivity index (χ1v) is 7.04. The highest BCUT2D eigenvalue weighted by molar-refractivity contribution is 7.22. The summed E-state index contributed by atoms with van der Waals surface area (Å²) in [4.78, 5) is 4.56. The summed E-state index contributed by atoms with van der Waals surface area (Å²) in [6.45, 7) is 6.59. The molecule has 1 aromatic heterocycles. The molecule has 0 saturated heterocycles. The number of anilines is 1. The normalized spacial score (nSPS) is 12.0. The molecule has 1 aromatic carbocycles. The second kappa shape index (κ2) is 4.83. The fraction of sp³-hybridized carbons (Fsp3) is 0.462. The Kier molecular flexibility index (Phi) is 3.59. The van der Waals surface area contributed by atoms with E-state index in [9.17, 15) is 0 Å². The van der Waals surface area contributed by atoms with E-state index in [1.54, 1.807) is 11.3 Å². The van der Waals surface area contributed by atoms with Crippen LogP contribution in [0.1, 0.15) is 33.6 Å². The third kappa shape index (κ3) is 2.90. The van der Waals surface area contributed by atoms with Crippen molar-refractivity contribution < 1.29 is 0 Å². The molecule has 0 aliphatic heterocycles. The van der Waals surface area contributed by atoms with Gasteiger partial charge in [0.15, 0.2) is 5.13 Å². The van der Waals surface area contributed by atoms with Crippen LogP contribution in [-0.4, -0.2) is 10.5 Å². The second-order valence-electron chi connectivity index (χ2n) is 4.87. The van der Waals surface area contributed by atoms with Gasteiger partial charge in [-0.1, -0.05) is 42.3 Å². The highest BCUT2D eigenvalue weighted by Crippen LogP contribution is 2.33. The third-order valence-electron chi connectivity index (χ3n) is 2.69. The van der Waals surface area contributed by atoms with Crippen LogP contribution in [0.3, 0.4) is 0 Å². The lowest BCUT2D eigenvalue weighted by molar-refractivity contribution is 0.511. The molecule has 17 heavy (non-hydrogen) atoms. The molecular weight excluding hydrogens is 252 g/mol. The van der Waals surface area contributed by atoms with E-state index in [1.165, 1.54) is 0 Å². The summed E-state index contributed by atoms with van der Waals surface area (Å²) in [5.74, 6) is 0. The Labute approximate surface area is 111 Å². The van der Waals surface area contributed by atoms with Gasteiger partial charge in [-0.05, 0) is 32.4 Å². The van der Waals surface area contributed by atoms with Gasteiger partial charge >= 0.3 is 0 Å². The summed E-state index contributed by atoms with van der Waals surface area (Å²) in [7, 11) is 0. The molecule has 0 aliphatic rings. The number of halogens is 1. The Hall–Kier alpha value is -0.800. The minimum Gasteiger partial charge on any atom is -0.357 e. The minimum absolute atomic E-state index is 0.0785. The van der Waals surface area contributed by atoms with Gasteiger partial charge in [-0.2, -0.15) is 0 Å². The molecule has 0 unspecified atom stereocenters. The van der Waals surface area contributed by atoms with Crippen molar-refractivity contribution in [3.05, 3.63) is 23.2 Å². The Morgan fingerprint density at radius 3 is 2.82 bits per heavy atom. The van der Waals surface area contributed by atoms with Crippen LogP contribution in [-0.2, 0) is 0 Å². The fourth-order valence-electron chi connectivity index (χ4n) is 1.95. The van der Waals surface area contributed by atoms with E-state index in [2.05, 4.69) is 31.1 Å². The van der Waals surface area contributed by atoms with E-state index in [-0.39, 0.29) is 5.54 Å². The molecule has 92 valence electrons. The van der Waals surface area contributed by atoms with Crippen molar-refractivity contribution in [2.75, 3.05) is 5.32 Å². The van der Waals surface area contributed by atoms with Crippen LogP contribution in [0.25, 0.3) is 10.2 Å². The lowest BCUT2D eigenvalue weighted by Gasteiger charge is -2.25. The number of nitrogens with one attached hydrogen (secondary N) is 1. The standard InChI is InChI=1S/C13H17ClN2S/c1-4-8-13(2,3)16-12-15-10-7-5-6-9(14)11(10)17-12/h5-7H,4,8H2,1-3H3,(H,15,16). The molecule has 0 amide bonds. The van der Waals surface area contributed by atoms with Gasteiger partial charge in [0, 0.05) is 5.54 Å². The van der Waals surface area contributed by atoms with Crippen LogP contribution < -0.4 is 5.32 Å². The van der Waals surface area contributed by atoms with Gasteiger partial charge in [0.25, 0.3) is 0 Å². The van der Waals surface area contributed by atoms with E-state index in [4.69, 9.17) is 11.6 Å². The van der Waals surface area contributed by atoms with Crippen LogP contribution in [0.4, 0.5) is 5.13 Å². The van der Waals surface area contributed by atoms with E-state index >= 15 is 0 Å². The maximum atomic E-state index is 6.15. The molecule has 0 saturated carbocycles. The maximum absolute atomic E-state index is 6.15. The van der Waals surface area contributed by atoms with Gasteiger partial charge in [-0.15, -0.1) is 0 Å². The average Bonchev–Trinajstić information content (AvgIpc) is 2.60. The summed E-state index contributed by atoms with van der Waals surface area (Å²) >= 11 is 7.77. The van der Waals surface area contributed by atoms with Gasteiger partial charge in [0.1, 0.15) is 0 Å². The lowest BCUT2D eigenvalue weighted by Crippen LogP contribution is -2.30. The largest absolute Gasteiger partial charge is 0.357 e. The van der Waals surface area contributed by atoms with Crippen molar-refractivity contribution in [1.82, 2.24) is 4.98 Å². The molecule has 0 aliphatic carbocycles. The monoisotopic (exact) mass is 268 g/mol. The Morgan fingerprint density at radius 2 is 2.18 bits per heavy atom. The zero-order valence-corrected chi connectivity index (χ0v) is 12.0. The van der Waals surface area contributed by atoms with Gasteiger partial charge in [0.05, 0.1) is 15.2 Å². The Balaban J connectivity index is 2.28. The molecule has 2 rings (SSSR count). The number of nitrogens with zero attached hydrogens (tertiary/aromatic N) is 1. The topological polar surface area (TPSA) is 24.9 Å². The van der Waals surface area contributed by atoms with Gasteiger partial charge in [0.2, 0.25) is 0 Å². The number of fused-ring (bicyclic) bond motifs is 1. The molecule has 4 heteroatoms. The number of aromatic nitrogens is 1. The van der Waals surface area contributed by atoms with Crippen molar-refractivity contribution in [3.63, 3.8) is 0 Å². The quantitative estimate of drug-likeness (QED) is 0.849. The third-order valence-corrected chi connectivity index (χ3v) is 4.13. The number of thiazole rings is 1. The van der Waals surface area contributed by atoms with E-state index < -0.39 is 0 Å². The minimum atomic E-state index is 0.0785. The summed E-state index contributed by atoms with van der Waals surface area (Å²) in [5, 5.41) is 5.21. The number of hydrogen-bond acceptors (Lipinski definition) is 3. The summed E-state index contributed by atoms with van der Waals surface area (Å²) < 4.78 is 1.06. The molecule has 0 bridgehead atoms. The molecular formula is C13H17ClN2S. The number of hydrogen-bond donors (Lipinski definition) is 1. The first-order chi connectivity index (χ1) is 8.02. The SMILES string of the molecule is CCCC(C)(C)Nc1nc2cccc(Cl)c2s1. The van der Waals surface area contributed by atoms with Gasteiger partial charge in [-0.3, -0.25) is 0 Å². The summed E-state index contributed by atoms with van der Waals surface area (Å²) in [5.41, 5.74) is 1.05. The van der Waals surface area contributed by atoms with Crippen molar-refractivity contribution in [3.8, 4) is 0 Å². The Bertz CT molecular complexity index is 519. The molecule has 2 nitrogen and oxygen atoms in total. The molecule has 1 heterocycles. The van der Waals surface area contributed by atoms with E-state index in [0.717, 1.165) is 33.2 Å². The molecule has 0 atom stereocenters. The number of benzene rings is 1. The summed E-state index contributed by atoms with van der Waals surface area (Å²) in [6, 6.07) is 5.84. The highest BCUT2D eigenvalue weighted by atomic mass is 35.5. The smallest absolute Gasteiger partial charge is 0.184 e. The first kappa shape index (κ1) is 12.7. The zero-order valence-electron chi connectivity index (χ0n) is 10.4. The van der Waals surface area contributed by atoms with Crippen LogP contribution >= 0.6 is 22.9 Å². The maximum Gasteiger partial charge on any atom is 0.184 e. The summed E-state index contributed by atoms with van der Waals surface area (Å²) in [6.07, 6.45) is 2.28. The van der Waals surface area contributed by atoms with Crippen LogP contribution in [0.2, 0.25) is 5.02 Å². The molecule has 1 N–H and O–H groups in total. The fourth-order valence-corrected chi connectivity index (χ4v) is 3.28. The van der Waals surface area contributed by atoms with Crippen molar-refractivity contribution in [2.45, 2.75) is 39.2 Å². The molecule has 0 radical (unpaired) electrons. The predicted molar refractivity (Wildman–Crippen MR) is 77.2 cm³/mol. The van der Waals surface area contributed by atoms with Gasteiger partial charge in [-0.25, -0.2) is 4.98 Å². The van der Waals surface area contributed by atoms with E-state index in [0.29, 0.717) is 0 Å².